The van der Waals surface area contributed by atoms with Gasteiger partial charge in [0.1, 0.15) is 11.9 Å². The zero-order chi connectivity index (χ0) is 13.8. The molecule has 1 heterocycles. The van der Waals surface area contributed by atoms with Crippen LogP contribution < -0.4 is 17.0 Å². The van der Waals surface area contributed by atoms with Gasteiger partial charge in [0.05, 0.1) is 0 Å². The Labute approximate surface area is 121 Å². The van der Waals surface area contributed by atoms with Crippen molar-refractivity contribution in [1.29, 1.82) is 0 Å². The Balaban J connectivity index is 2.44. The van der Waals surface area contributed by atoms with Crippen LogP contribution in [0.3, 0.4) is 0 Å². The number of hydrogen-bond acceptors (Lipinski definition) is 4. The zero-order valence-electron chi connectivity index (χ0n) is 10.8. The SMILES string of the molecule is CCCn1ccnc1C(NN)c1cc(Br)ccc1N. The van der Waals surface area contributed by atoms with E-state index in [1.54, 1.807) is 6.20 Å². The monoisotopic (exact) mass is 323 g/mol. The molecule has 0 aliphatic heterocycles. The molecule has 0 bridgehead atoms. The first-order valence-corrected chi connectivity index (χ1v) is 6.98. The lowest BCUT2D eigenvalue weighted by Crippen LogP contribution is -2.31. The van der Waals surface area contributed by atoms with Gasteiger partial charge in [0.15, 0.2) is 0 Å². The summed E-state index contributed by atoms with van der Waals surface area (Å²) in [4.78, 5) is 4.40. The fraction of sp³-hybridized carbons (Fsp3) is 0.308. The van der Waals surface area contributed by atoms with Gasteiger partial charge in [-0.1, -0.05) is 22.9 Å². The molecule has 0 aliphatic carbocycles. The number of halogens is 1. The molecule has 2 aromatic rings. The van der Waals surface area contributed by atoms with Crippen LogP contribution in [0, 0.1) is 0 Å². The highest BCUT2D eigenvalue weighted by atomic mass is 79.9. The number of benzene rings is 1. The van der Waals surface area contributed by atoms with Crippen LogP contribution in [0.1, 0.15) is 30.8 Å². The molecule has 0 fully saturated rings. The summed E-state index contributed by atoms with van der Waals surface area (Å²) in [5.74, 6) is 6.58. The summed E-state index contributed by atoms with van der Waals surface area (Å²) >= 11 is 3.45. The molecule has 2 rings (SSSR count). The van der Waals surface area contributed by atoms with Crippen molar-refractivity contribution < 1.29 is 0 Å². The lowest BCUT2D eigenvalue weighted by Gasteiger charge is -2.19. The number of rotatable bonds is 5. The van der Waals surface area contributed by atoms with Gasteiger partial charge >= 0.3 is 0 Å². The normalized spacial score (nSPS) is 12.6. The molecule has 0 saturated heterocycles. The molecular formula is C13H18BrN5. The van der Waals surface area contributed by atoms with Crippen LogP contribution in [0.2, 0.25) is 0 Å². The number of nitrogens with one attached hydrogen (secondary N) is 1. The number of hydrogen-bond donors (Lipinski definition) is 3. The Hall–Kier alpha value is -1.37. The second-order valence-corrected chi connectivity index (χ2v) is 5.27. The maximum atomic E-state index is 6.04. The molecule has 0 aliphatic rings. The number of aryl methyl sites for hydroxylation is 1. The summed E-state index contributed by atoms with van der Waals surface area (Å²) in [6, 6.07) is 5.51. The van der Waals surface area contributed by atoms with E-state index in [1.165, 1.54) is 0 Å². The number of anilines is 1. The second kappa shape index (κ2) is 6.18. The van der Waals surface area contributed by atoms with Crippen molar-refractivity contribution in [3.63, 3.8) is 0 Å². The van der Waals surface area contributed by atoms with Crippen LogP contribution >= 0.6 is 15.9 Å². The van der Waals surface area contributed by atoms with Gasteiger partial charge in [0, 0.05) is 34.7 Å². The zero-order valence-corrected chi connectivity index (χ0v) is 12.4. The molecule has 6 heteroatoms. The van der Waals surface area contributed by atoms with Gasteiger partial charge < -0.3 is 10.3 Å². The minimum atomic E-state index is -0.223. The van der Waals surface area contributed by atoms with E-state index >= 15 is 0 Å². The molecule has 1 unspecified atom stereocenters. The molecule has 102 valence electrons. The third-order valence-corrected chi connectivity index (χ3v) is 3.49. The Bertz CT molecular complexity index is 552. The molecule has 0 saturated carbocycles. The third-order valence-electron chi connectivity index (χ3n) is 3.00. The van der Waals surface area contributed by atoms with Crippen molar-refractivity contribution in [3.05, 3.63) is 46.5 Å². The molecule has 1 atom stereocenters. The van der Waals surface area contributed by atoms with E-state index in [9.17, 15) is 0 Å². The molecule has 19 heavy (non-hydrogen) atoms. The smallest absolute Gasteiger partial charge is 0.131 e. The van der Waals surface area contributed by atoms with Crippen molar-refractivity contribution in [3.8, 4) is 0 Å². The average Bonchev–Trinajstić information content (AvgIpc) is 2.83. The van der Waals surface area contributed by atoms with Gasteiger partial charge in [-0.05, 0) is 24.6 Å². The Morgan fingerprint density at radius 3 is 2.95 bits per heavy atom. The predicted octanol–water partition coefficient (Wildman–Crippen LogP) is 2.19. The maximum absolute atomic E-state index is 6.04. The van der Waals surface area contributed by atoms with Gasteiger partial charge in [-0.3, -0.25) is 5.84 Å². The van der Waals surface area contributed by atoms with Crippen LogP contribution in [0.15, 0.2) is 35.1 Å². The second-order valence-electron chi connectivity index (χ2n) is 4.35. The Morgan fingerprint density at radius 2 is 2.26 bits per heavy atom. The summed E-state index contributed by atoms with van der Waals surface area (Å²) in [6.07, 6.45) is 4.77. The van der Waals surface area contributed by atoms with Crippen molar-refractivity contribution in [2.24, 2.45) is 5.84 Å². The quantitative estimate of drug-likeness (QED) is 0.447. The third kappa shape index (κ3) is 2.97. The van der Waals surface area contributed by atoms with Gasteiger partial charge in [-0.15, -0.1) is 0 Å². The van der Waals surface area contributed by atoms with Gasteiger partial charge in [0.25, 0.3) is 0 Å². The largest absolute Gasteiger partial charge is 0.398 e. The van der Waals surface area contributed by atoms with Crippen molar-refractivity contribution in [2.75, 3.05) is 5.73 Å². The highest BCUT2D eigenvalue weighted by Gasteiger charge is 2.20. The van der Waals surface area contributed by atoms with Crippen LogP contribution in [0.4, 0.5) is 5.69 Å². The number of aromatic nitrogens is 2. The summed E-state index contributed by atoms with van der Waals surface area (Å²) in [7, 11) is 0. The molecule has 5 N–H and O–H groups in total. The topological polar surface area (TPSA) is 81.9 Å². The number of nitrogens with zero attached hydrogens (tertiary/aromatic N) is 2. The number of hydrazine groups is 1. The van der Waals surface area contributed by atoms with Crippen molar-refractivity contribution >= 4 is 21.6 Å². The van der Waals surface area contributed by atoms with E-state index in [0.29, 0.717) is 5.69 Å². The number of nitrogens with two attached hydrogens (primary N) is 2. The Kier molecular flexibility index (Phi) is 4.57. The first kappa shape index (κ1) is 14.0. The predicted molar refractivity (Wildman–Crippen MR) is 80.2 cm³/mol. The molecule has 0 amide bonds. The molecule has 5 nitrogen and oxygen atoms in total. The van der Waals surface area contributed by atoms with E-state index in [0.717, 1.165) is 28.8 Å². The average molecular weight is 324 g/mol. The summed E-state index contributed by atoms with van der Waals surface area (Å²) < 4.78 is 3.05. The lowest BCUT2D eigenvalue weighted by molar-refractivity contribution is 0.546. The summed E-state index contributed by atoms with van der Waals surface area (Å²) in [6.45, 7) is 3.03. The fourth-order valence-electron chi connectivity index (χ4n) is 2.11. The van der Waals surface area contributed by atoms with E-state index < -0.39 is 0 Å². The first-order chi connectivity index (χ1) is 9.17. The van der Waals surface area contributed by atoms with E-state index in [4.69, 9.17) is 11.6 Å². The van der Waals surface area contributed by atoms with Gasteiger partial charge in [-0.2, -0.15) is 0 Å². The first-order valence-electron chi connectivity index (χ1n) is 6.19. The van der Waals surface area contributed by atoms with Crippen LogP contribution in [-0.2, 0) is 6.54 Å². The fourth-order valence-corrected chi connectivity index (χ4v) is 2.49. The minimum absolute atomic E-state index is 0.223. The van der Waals surface area contributed by atoms with Crippen LogP contribution in [0.5, 0.6) is 0 Å². The summed E-state index contributed by atoms with van der Waals surface area (Å²) in [5, 5.41) is 0. The lowest BCUT2D eigenvalue weighted by atomic mass is 10.0. The molecule has 0 radical (unpaired) electrons. The highest BCUT2D eigenvalue weighted by Crippen LogP contribution is 2.28. The Morgan fingerprint density at radius 1 is 1.47 bits per heavy atom. The highest BCUT2D eigenvalue weighted by molar-refractivity contribution is 9.10. The summed E-state index contributed by atoms with van der Waals surface area (Å²) in [5.41, 5.74) is 10.5. The van der Waals surface area contributed by atoms with Gasteiger partial charge in [0.2, 0.25) is 0 Å². The molecular weight excluding hydrogens is 306 g/mol. The molecule has 1 aromatic carbocycles. The maximum Gasteiger partial charge on any atom is 0.131 e. The van der Waals surface area contributed by atoms with Crippen LogP contribution in [0.25, 0.3) is 0 Å². The standard InChI is InChI=1S/C13H18BrN5/c1-2-6-19-7-5-17-13(19)12(18-16)10-8-9(14)3-4-11(10)15/h3-5,7-8,12,18H,2,6,15-16H2,1H3. The van der Waals surface area contributed by atoms with Crippen molar-refractivity contribution in [2.45, 2.75) is 25.9 Å². The number of nitrogen functional groups attached to an aromatic ring is 1. The van der Waals surface area contributed by atoms with Crippen LogP contribution in [-0.4, -0.2) is 9.55 Å². The molecule has 0 spiro atoms. The van der Waals surface area contributed by atoms with E-state index in [1.807, 2.05) is 24.4 Å². The number of imidazole rings is 1. The van der Waals surface area contributed by atoms with E-state index in [2.05, 4.69) is 37.8 Å². The van der Waals surface area contributed by atoms with Crippen molar-refractivity contribution in [1.82, 2.24) is 15.0 Å². The minimum Gasteiger partial charge on any atom is -0.398 e. The van der Waals surface area contributed by atoms with E-state index in [-0.39, 0.29) is 6.04 Å². The molecule has 1 aromatic heterocycles. The van der Waals surface area contributed by atoms with Gasteiger partial charge in [-0.25, -0.2) is 10.4 Å².